The number of nitrogens with zero attached hydrogens (tertiary/aromatic N) is 2. The number of carbonyl (C=O) groups excluding carboxylic acids is 2. The van der Waals surface area contributed by atoms with Crippen molar-refractivity contribution in [1.29, 1.82) is 0 Å². The summed E-state index contributed by atoms with van der Waals surface area (Å²) in [6.07, 6.45) is -0.0553. The maximum Gasteiger partial charge on any atom is 0.301 e. The number of hydrogen-bond donors (Lipinski definition) is 1. The predicted octanol–water partition coefficient (Wildman–Crippen LogP) is 6.73. The Morgan fingerprint density at radius 3 is 2.69 bits per heavy atom. The number of amides is 1. The molecule has 1 aliphatic rings. The molecule has 3 heterocycles. The maximum absolute atomic E-state index is 13.3. The Labute approximate surface area is 215 Å². The second kappa shape index (κ2) is 9.11. The summed E-state index contributed by atoms with van der Waals surface area (Å²) in [5.41, 5.74) is 1.96. The number of thiazole rings is 1. The lowest BCUT2D eigenvalue weighted by atomic mass is 10.00. The molecule has 1 aliphatic heterocycles. The van der Waals surface area contributed by atoms with Gasteiger partial charge >= 0.3 is 5.91 Å². The molecule has 1 saturated heterocycles. The molecule has 5 rings (SSSR count). The van der Waals surface area contributed by atoms with E-state index in [2.05, 4.69) is 4.98 Å². The third-order valence-electron chi connectivity index (χ3n) is 5.60. The Kier molecular flexibility index (Phi) is 6.13. The summed E-state index contributed by atoms with van der Waals surface area (Å²) in [7, 11) is 0. The van der Waals surface area contributed by atoms with Crippen molar-refractivity contribution in [2.24, 2.45) is 0 Å². The lowest BCUT2D eigenvalue weighted by Crippen LogP contribution is -2.28. The maximum atomic E-state index is 13.3. The molecular formula is C26H21ClN2O4S2. The predicted molar refractivity (Wildman–Crippen MR) is 141 cm³/mol. The van der Waals surface area contributed by atoms with Gasteiger partial charge < -0.3 is 9.84 Å². The number of anilines is 1. The minimum atomic E-state index is -0.804. The fraction of sp³-hybridized carbons (Fsp3) is 0.192. The number of aromatic nitrogens is 1. The highest BCUT2D eigenvalue weighted by atomic mass is 35.5. The van der Waals surface area contributed by atoms with E-state index >= 15 is 0 Å². The average molecular weight is 525 g/mol. The molecule has 9 heteroatoms. The molecule has 0 bridgehead atoms. The van der Waals surface area contributed by atoms with Gasteiger partial charge in [-0.15, -0.1) is 11.3 Å². The lowest BCUT2D eigenvalue weighted by Gasteiger charge is -2.21. The van der Waals surface area contributed by atoms with Crippen molar-refractivity contribution in [3.8, 4) is 5.75 Å². The van der Waals surface area contributed by atoms with Gasteiger partial charge in [-0.05, 0) is 62.0 Å². The van der Waals surface area contributed by atoms with Crippen LogP contribution in [-0.4, -0.2) is 27.9 Å². The quantitative estimate of drug-likeness (QED) is 0.178. The summed E-state index contributed by atoms with van der Waals surface area (Å²) >= 11 is 8.98. The monoisotopic (exact) mass is 524 g/mol. The van der Waals surface area contributed by atoms with E-state index in [0.29, 0.717) is 27.0 Å². The van der Waals surface area contributed by atoms with Crippen LogP contribution in [-0.2, 0) is 9.59 Å². The number of Topliss-reactive ketones (excluding diaryl/α,β-unsaturated/α-hetero) is 1. The smallest absolute Gasteiger partial charge is 0.301 e. The molecule has 2 aromatic heterocycles. The van der Waals surface area contributed by atoms with E-state index in [0.717, 1.165) is 15.1 Å². The standard InChI is InChI=1S/C26H21ClN2O4S2/c1-13(2)33-16-7-4-6-15(11-16)23(30)21-22(19-8-5-9-34-19)29(25(32)24(21)31)26-28-18-12-17(27)14(3)10-20(18)35-26/h4-13,22,30H,1-3H3/b23-21+. The largest absolute Gasteiger partial charge is 0.507 e. The SMILES string of the molecule is Cc1cc2sc(N3C(=O)C(=O)/C(=C(/O)c4cccc(OC(C)C)c4)C3c3cccs3)nc2cc1Cl. The number of aryl methyl sites for hydroxylation is 1. The number of aliphatic hydroxyl groups is 1. The first-order valence-corrected chi connectivity index (χ1v) is 13.0. The van der Waals surface area contributed by atoms with Gasteiger partial charge in [0, 0.05) is 15.5 Å². The van der Waals surface area contributed by atoms with Crippen LogP contribution < -0.4 is 9.64 Å². The first kappa shape index (κ1) is 23.5. The van der Waals surface area contributed by atoms with Gasteiger partial charge in [-0.25, -0.2) is 4.98 Å². The van der Waals surface area contributed by atoms with Gasteiger partial charge in [-0.1, -0.05) is 41.1 Å². The van der Waals surface area contributed by atoms with Crippen LogP contribution in [0.5, 0.6) is 5.75 Å². The highest BCUT2D eigenvalue weighted by molar-refractivity contribution is 7.22. The summed E-state index contributed by atoms with van der Waals surface area (Å²) in [5, 5.41) is 14.1. The molecule has 6 nitrogen and oxygen atoms in total. The topological polar surface area (TPSA) is 79.7 Å². The number of ketones is 1. The van der Waals surface area contributed by atoms with Crippen molar-refractivity contribution >= 4 is 67.1 Å². The number of fused-ring (bicyclic) bond motifs is 1. The Hall–Kier alpha value is -3.20. The highest BCUT2D eigenvalue weighted by Gasteiger charge is 2.48. The molecule has 35 heavy (non-hydrogen) atoms. The van der Waals surface area contributed by atoms with E-state index in [9.17, 15) is 14.7 Å². The average Bonchev–Trinajstić information content (AvgIpc) is 3.53. The van der Waals surface area contributed by atoms with Gasteiger partial charge in [0.2, 0.25) is 0 Å². The van der Waals surface area contributed by atoms with Crippen molar-refractivity contribution in [2.75, 3.05) is 4.90 Å². The zero-order chi connectivity index (χ0) is 24.9. The number of ether oxygens (including phenoxy) is 1. The van der Waals surface area contributed by atoms with Crippen LogP contribution in [0.3, 0.4) is 0 Å². The van der Waals surface area contributed by atoms with E-state index < -0.39 is 17.7 Å². The molecule has 1 fully saturated rings. The van der Waals surface area contributed by atoms with Crippen LogP contribution in [0.15, 0.2) is 59.5 Å². The number of thiophene rings is 1. The second-order valence-electron chi connectivity index (χ2n) is 8.44. The number of benzene rings is 2. The second-order valence-corrected chi connectivity index (χ2v) is 10.8. The molecule has 1 N–H and O–H groups in total. The Bertz CT molecular complexity index is 1450. The third kappa shape index (κ3) is 4.22. The Morgan fingerprint density at radius 2 is 1.97 bits per heavy atom. The minimum absolute atomic E-state index is 0.0209. The number of aliphatic hydroxyl groups excluding tert-OH is 1. The summed E-state index contributed by atoms with van der Waals surface area (Å²) in [5.74, 6) is -1.19. The normalized spacial score (nSPS) is 17.6. The molecule has 0 spiro atoms. The number of hydrogen-bond acceptors (Lipinski definition) is 7. The van der Waals surface area contributed by atoms with Crippen LogP contribution in [0, 0.1) is 6.92 Å². The first-order valence-electron chi connectivity index (χ1n) is 10.9. The van der Waals surface area contributed by atoms with E-state index in [1.54, 1.807) is 30.3 Å². The van der Waals surface area contributed by atoms with Crippen LogP contribution in [0.4, 0.5) is 5.13 Å². The molecule has 4 aromatic rings. The first-order chi connectivity index (χ1) is 16.7. The van der Waals surface area contributed by atoms with Gasteiger partial charge in [-0.3, -0.25) is 14.5 Å². The van der Waals surface area contributed by atoms with Crippen molar-refractivity contribution in [2.45, 2.75) is 32.9 Å². The van der Waals surface area contributed by atoms with Gasteiger partial charge in [-0.2, -0.15) is 0 Å². The Morgan fingerprint density at radius 1 is 1.17 bits per heavy atom. The van der Waals surface area contributed by atoms with Gasteiger partial charge in [0.25, 0.3) is 5.78 Å². The van der Waals surface area contributed by atoms with E-state index in [1.165, 1.54) is 27.6 Å². The molecule has 2 aromatic carbocycles. The number of carbonyl (C=O) groups is 2. The molecule has 0 saturated carbocycles. The van der Waals surface area contributed by atoms with E-state index in [4.69, 9.17) is 16.3 Å². The fourth-order valence-corrected chi connectivity index (χ4v) is 6.08. The fourth-order valence-electron chi connectivity index (χ4n) is 4.03. The Balaban J connectivity index is 1.67. The van der Waals surface area contributed by atoms with Gasteiger partial charge in [0.1, 0.15) is 17.6 Å². The number of rotatable bonds is 5. The summed E-state index contributed by atoms with van der Waals surface area (Å²) in [4.78, 5) is 33.4. The molecular weight excluding hydrogens is 504 g/mol. The lowest BCUT2D eigenvalue weighted by molar-refractivity contribution is -0.132. The summed E-state index contributed by atoms with van der Waals surface area (Å²) < 4.78 is 6.60. The van der Waals surface area contributed by atoms with Gasteiger partial charge in [0.05, 0.1) is 21.9 Å². The molecule has 0 radical (unpaired) electrons. The van der Waals surface area contributed by atoms with Crippen molar-refractivity contribution in [3.05, 3.63) is 80.5 Å². The molecule has 178 valence electrons. The van der Waals surface area contributed by atoms with Crippen LogP contribution in [0.2, 0.25) is 5.02 Å². The van der Waals surface area contributed by atoms with Crippen molar-refractivity contribution in [1.82, 2.24) is 4.98 Å². The molecule has 1 amide bonds. The summed E-state index contributed by atoms with van der Waals surface area (Å²) in [6, 6.07) is 13.4. The summed E-state index contributed by atoms with van der Waals surface area (Å²) in [6.45, 7) is 5.71. The molecule has 1 atom stereocenters. The van der Waals surface area contributed by atoms with Crippen molar-refractivity contribution in [3.63, 3.8) is 0 Å². The zero-order valence-electron chi connectivity index (χ0n) is 19.1. The van der Waals surface area contributed by atoms with E-state index in [-0.39, 0.29) is 17.4 Å². The van der Waals surface area contributed by atoms with Crippen LogP contribution in [0.1, 0.15) is 35.9 Å². The third-order valence-corrected chi connectivity index (χ3v) is 7.95. The zero-order valence-corrected chi connectivity index (χ0v) is 21.5. The van der Waals surface area contributed by atoms with Crippen molar-refractivity contribution < 1.29 is 19.4 Å². The minimum Gasteiger partial charge on any atom is -0.507 e. The number of halogens is 1. The van der Waals surface area contributed by atoms with Gasteiger partial charge in [0.15, 0.2) is 5.13 Å². The van der Waals surface area contributed by atoms with E-state index in [1.807, 2.05) is 44.4 Å². The molecule has 0 aliphatic carbocycles. The molecule has 1 unspecified atom stereocenters. The highest BCUT2D eigenvalue weighted by Crippen LogP contribution is 2.46. The van der Waals surface area contributed by atoms with Crippen LogP contribution in [0.25, 0.3) is 16.0 Å². The van der Waals surface area contributed by atoms with Crippen LogP contribution >= 0.6 is 34.3 Å².